The molecule has 0 amide bonds. The molecule has 0 aliphatic heterocycles. The van der Waals surface area contributed by atoms with Crippen molar-refractivity contribution in [2.24, 2.45) is 0 Å². The van der Waals surface area contributed by atoms with Crippen LogP contribution in [0, 0.1) is 0 Å². The summed E-state index contributed by atoms with van der Waals surface area (Å²) >= 11 is 0. The molecular weight excluding hydrogens is 232 g/mol. The zero-order valence-electron chi connectivity index (χ0n) is 11.3. The number of hydrogen-bond acceptors (Lipinski definition) is 4. The summed E-state index contributed by atoms with van der Waals surface area (Å²) in [5, 5.41) is 10.2. The Bertz CT molecular complexity index is 340. The van der Waals surface area contributed by atoms with Gasteiger partial charge < -0.3 is 19.3 Å². The lowest BCUT2D eigenvalue weighted by Crippen LogP contribution is -2.19. The molecule has 0 fully saturated rings. The van der Waals surface area contributed by atoms with Crippen molar-refractivity contribution < 1.29 is 19.3 Å². The Morgan fingerprint density at radius 3 is 2.61 bits per heavy atom. The average Bonchev–Trinajstić information content (AvgIpc) is 2.39. The van der Waals surface area contributed by atoms with E-state index in [1.165, 1.54) is 0 Å². The van der Waals surface area contributed by atoms with E-state index in [1.807, 2.05) is 38.1 Å². The first kappa shape index (κ1) is 15.0. The minimum absolute atomic E-state index is 0.262. The maximum atomic E-state index is 10.2. The van der Waals surface area contributed by atoms with Gasteiger partial charge in [-0.3, -0.25) is 0 Å². The van der Waals surface area contributed by atoms with E-state index in [2.05, 4.69) is 0 Å². The first-order valence-electron chi connectivity index (χ1n) is 6.21. The lowest BCUT2D eigenvalue weighted by atomic mass is 10.0. The molecule has 0 heterocycles. The molecule has 4 nitrogen and oxygen atoms in total. The molecule has 0 saturated carbocycles. The third-order valence-electron chi connectivity index (χ3n) is 2.66. The maximum Gasteiger partial charge on any atom is 0.125 e. The van der Waals surface area contributed by atoms with Gasteiger partial charge in [-0.05, 0) is 19.9 Å². The molecule has 0 aromatic heterocycles. The standard InChI is InChI=1S/C14H22O4/c1-4-17-11(2)14(15)12-7-5-6-8-13(12)18-10-9-16-3/h5-8,11,14-15H,4,9-10H2,1-3H3. The van der Waals surface area contributed by atoms with Gasteiger partial charge in [-0.2, -0.15) is 0 Å². The Morgan fingerprint density at radius 2 is 1.94 bits per heavy atom. The highest BCUT2D eigenvalue weighted by atomic mass is 16.5. The van der Waals surface area contributed by atoms with Crippen molar-refractivity contribution in [3.63, 3.8) is 0 Å². The molecule has 1 rings (SSSR count). The number of rotatable bonds is 8. The summed E-state index contributed by atoms with van der Waals surface area (Å²) in [6, 6.07) is 7.44. The number of aliphatic hydroxyl groups is 1. The number of para-hydroxylation sites is 1. The highest BCUT2D eigenvalue weighted by molar-refractivity contribution is 5.35. The van der Waals surface area contributed by atoms with Crippen LogP contribution in [0.4, 0.5) is 0 Å². The molecule has 0 aliphatic rings. The Morgan fingerprint density at radius 1 is 1.22 bits per heavy atom. The summed E-state index contributed by atoms with van der Waals surface area (Å²) in [6.07, 6.45) is -0.953. The van der Waals surface area contributed by atoms with E-state index in [4.69, 9.17) is 14.2 Å². The number of hydrogen-bond donors (Lipinski definition) is 1. The van der Waals surface area contributed by atoms with Gasteiger partial charge in [-0.1, -0.05) is 18.2 Å². The Hall–Kier alpha value is -1.10. The summed E-state index contributed by atoms with van der Waals surface area (Å²) in [4.78, 5) is 0. The van der Waals surface area contributed by atoms with Crippen molar-refractivity contribution >= 4 is 0 Å². The molecule has 0 radical (unpaired) electrons. The van der Waals surface area contributed by atoms with E-state index in [9.17, 15) is 5.11 Å². The van der Waals surface area contributed by atoms with Gasteiger partial charge in [-0.25, -0.2) is 0 Å². The van der Waals surface area contributed by atoms with Crippen LogP contribution in [0.2, 0.25) is 0 Å². The van der Waals surface area contributed by atoms with Gasteiger partial charge in [0, 0.05) is 19.3 Å². The fraction of sp³-hybridized carbons (Fsp3) is 0.571. The van der Waals surface area contributed by atoms with Crippen molar-refractivity contribution in [3.05, 3.63) is 29.8 Å². The fourth-order valence-electron chi connectivity index (χ4n) is 1.70. The number of aliphatic hydroxyl groups excluding tert-OH is 1. The Kier molecular flexibility index (Phi) is 6.72. The number of methoxy groups -OCH3 is 1. The molecule has 4 heteroatoms. The normalized spacial score (nSPS) is 14.2. The lowest BCUT2D eigenvalue weighted by Gasteiger charge is -2.21. The zero-order valence-corrected chi connectivity index (χ0v) is 11.3. The summed E-state index contributed by atoms with van der Waals surface area (Å²) in [5.74, 6) is 0.675. The minimum atomic E-state index is -0.691. The van der Waals surface area contributed by atoms with Crippen molar-refractivity contribution in [2.45, 2.75) is 26.1 Å². The van der Waals surface area contributed by atoms with Gasteiger partial charge in [0.1, 0.15) is 18.5 Å². The third kappa shape index (κ3) is 4.29. The minimum Gasteiger partial charge on any atom is -0.491 e. The molecule has 0 saturated heterocycles. The summed E-state index contributed by atoms with van der Waals surface area (Å²) in [5.41, 5.74) is 0.745. The highest BCUT2D eigenvalue weighted by Crippen LogP contribution is 2.28. The second-order valence-electron chi connectivity index (χ2n) is 3.98. The van der Waals surface area contributed by atoms with Crippen LogP contribution in [-0.4, -0.2) is 38.1 Å². The monoisotopic (exact) mass is 254 g/mol. The second-order valence-corrected chi connectivity index (χ2v) is 3.98. The van der Waals surface area contributed by atoms with E-state index in [0.29, 0.717) is 25.6 Å². The van der Waals surface area contributed by atoms with E-state index in [-0.39, 0.29) is 6.10 Å². The number of ether oxygens (including phenoxy) is 3. The number of benzene rings is 1. The van der Waals surface area contributed by atoms with E-state index < -0.39 is 6.10 Å². The second kappa shape index (κ2) is 8.08. The molecule has 0 bridgehead atoms. The van der Waals surface area contributed by atoms with Crippen LogP contribution in [0.25, 0.3) is 0 Å². The van der Waals surface area contributed by atoms with Crippen LogP contribution in [-0.2, 0) is 9.47 Å². The first-order valence-corrected chi connectivity index (χ1v) is 6.21. The van der Waals surface area contributed by atoms with Gasteiger partial charge >= 0.3 is 0 Å². The van der Waals surface area contributed by atoms with Gasteiger partial charge in [0.15, 0.2) is 0 Å². The third-order valence-corrected chi connectivity index (χ3v) is 2.66. The van der Waals surface area contributed by atoms with Gasteiger partial charge in [0.05, 0.1) is 12.7 Å². The van der Waals surface area contributed by atoms with Crippen LogP contribution in [0.3, 0.4) is 0 Å². The molecule has 2 unspecified atom stereocenters. The average molecular weight is 254 g/mol. The first-order chi connectivity index (χ1) is 8.70. The molecule has 102 valence electrons. The molecule has 0 aliphatic carbocycles. The van der Waals surface area contributed by atoms with Crippen molar-refractivity contribution in [2.75, 3.05) is 26.9 Å². The predicted octanol–water partition coefficient (Wildman–Crippen LogP) is 2.17. The topological polar surface area (TPSA) is 47.9 Å². The van der Waals surface area contributed by atoms with Crippen LogP contribution in [0.5, 0.6) is 5.75 Å². The quantitative estimate of drug-likeness (QED) is 0.722. The molecule has 1 N–H and O–H groups in total. The Labute approximate surface area is 108 Å². The van der Waals surface area contributed by atoms with Crippen molar-refractivity contribution in [1.82, 2.24) is 0 Å². The molecule has 1 aromatic carbocycles. The summed E-state index contributed by atoms with van der Waals surface area (Å²) in [6.45, 7) is 5.31. The molecule has 0 spiro atoms. The summed E-state index contributed by atoms with van der Waals surface area (Å²) < 4.78 is 15.9. The highest BCUT2D eigenvalue weighted by Gasteiger charge is 2.20. The predicted molar refractivity (Wildman–Crippen MR) is 69.9 cm³/mol. The lowest BCUT2D eigenvalue weighted by molar-refractivity contribution is -0.0239. The van der Waals surface area contributed by atoms with Crippen molar-refractivity contribution in [1.29, 1.82) is 0 Å². The van der Waals surface area contributed by atoms with Crippen LogP contribution >= 0.6 is 0 Å². The maximum absolute atomic E-state index is 10.2. The van der Waals surface area contributed by atoms with Crippen LogP contribution in [0.15, 0.2) is 24.3 Å². The SMILES string of the molecule is CCOC(C)C(O)c1ccccc1OCCOC. The molecular formula is C14H22O4. The van der Waals surface area contributed by atoms with Crippen molar-refractivity contribution in [3.8, 4) is 5.75 Å². The van der Waals surface area contributed by atoms with Gasteiger partial charge in [0.25, 0.3) is 0 Å². The fourth-order valence-corrected chi connectivity index (χ4v) is 1.70. The van der Waals surface area contributed by atoms with Gasteiger partial charge in [0.2, 0.25) is 0 Å². The largest absolute Gasteiger partial charge is 0.491 e. The molecule has 18 heavy (non-hydrogen) atoms. The van der Waals surface area contributed by atoms with Crippen LogP contribution < -0.4 is 4.74 Å². The Balaban J connectivity index is 2.73. The summed E-state index contributed by atoms with van der Waals surface area (Å²) in [7, 11) is 1.63. The van der Waals surface area contributed by atoms with E-state index >= 15 is 0 Å². The van der Waals surface area contributed by atoms with E-state index in [1.54, 1.807) is 7.11 Å². The molecule has 1 aromatic rings. The van der Waals surface area contributed by atoms with Gasteiger partial charge in [-0.15, -0.1) is 0 Å². The zero-order chi connectivity index (χ0) is 13.4. The van der Waals surface area contributed by atoms with Crippen LogP contribution in [0.1, 0.15) is 25.5 Å². The smallest absolute Gasteiger partial charge is 0.125 e. The molecule has 2 atom stereocenters. The van der Waals surface area contributed by atoms with E-state index in [0.717, 1.165) is 5.56 Å².